The SMILES string of the molecule is c1ccc(-c2ccc(N(c3ccc4c(ccc5ccccc54)c3)c3cc4ccccc4c4cc5c(cc34)oc3ccccc35)cc2)cc1. The third-order valence-electron chi connectivity index (χ3n) is 9.80. The van der Waals surface area contributed by atoms with Crippen molar-refractivity contribution < 1.29 is 4.42 Å². The van der Waals surface area contributed by atoms with E-state index < -0.39 is 0 Å². The predicted molar refractivity (Wildman–Crippen MR) is 204 cm³/mol. The number of rotatable bonds is 4. The van der Waals surface area contributed by atoms with Crippen molar-refractivity contribution in [1.29, 1.82) is 0 Å². The lowest BCUT2D eigenvalue weighted by Crippen LogP contribution is -2.10. The third-order valence-corrected chi connectivity index (χ3v) is 9.80. The van der Waals surface area contributed by atoms with Gasteiger partial charge in [-0.2, -0.15) is 0 Å². The zero-order valence-electron chi connectivity index (χ0n) is 26.1. The Morgan fingerprint density at radius 1 is 0.312 bits per heavy atom. The Kier molecular flexibility index (Phi) is 5.91. The molecule has 224 valence electrons. The minimum absolute atomic E-state index is 0.893. The summed E-state index contributed by atoms with van der Waals surface area (Å²) in [5.74, 6) is 0. The highest BCUT2D eigenvalue weighted by atomic mass is 16.3. The number of hydrogen-bond donors (Lipinski definition) is 0. The molecule has 10 rings (SSSR count). The van der Waals surface area contributed by atoms with Crippen LogP contribution in [0.1, 0.15) is 0 Å². The van der Waals surface area contributed by atoms with Crippen LogP contribution in [-0.4, -0.2) is 0 Å². The topological polar surface area (TPSA) is 16.4 Å². The van der Waals surface area contributed by atoms with Gasteiger partial charge < -0.3 is 9.32 Å². The molecule has 0 spiro atoms. The minimum Gasteiger partial charge on any atom is -0.456 e. The summed E-state index contributed by atoms with van der Waals surface area (Å²) in [4.78, 5) is 2.41. The molecule has 0 radical (unpaired) electrons. The molecule has 1 aromatic heterocycles. The first-order chi connectivity index (χ1) is 23.8. The second-order valence-corrected chi connectivity index (χ2v) is 12.5. The van der Waals surface area contributed by atoms with E-state index in [1.165, 1.54) is 48.8 Å². The summed E-state index contributed by atoms with van der Waals surface area (Å²) in [5, 5.41) is 12.0. The van der Waals surface area contributed by atoms with Crippen LogP contribution in [0.2, 0.25) is 0 Å². The lowest BCUT2D eigenvalue weighted by atomic mass is 9.96. The van der Waals surface area contributed by atoms with Gasteiger partial charge in [0, 0.05) is 27.5 Å². The molecular weight excluding hydrogens is 583 g/mol. The predicted octanol–water partition coefficient (Wildman–Crippen LogP) is 13.3. The fourth-order valence-corrected chi connectivity index (χ4v) is 7.48. The summed E-state index contributed by atoms with van der Waals surface area (Å²) in [6, 6.07) is 63.4. The number of anilines is 3. The van der Waals surface area contributed by atoms with Crippen molar-refractivity contribution in [3.8, 4) is 11.1 Å². The van der Waals surface area contributed by atoms with Crippen molar-refractivity contribution in [2.75, 3.05) is 4.90 Å². The average Bonchev–Trinajstić information content (AvgIpc) is 3.52. The van der Waals surface area contributed by atoms with Crippen LogP contribution < -0.4 is 4.90 Å². The van der Waals surface area contributed by atoms with Gasteiger partial charge in [0.25, 0.3) is 0 Å². The first-order valence-electron chi connectivity index (χ1n) is 16.4. The van der Waals surface area contributed by atoms with E-state index in [-0.39, 0.29) is 0 Å². The Balaban J connectivity index is 1.27. The van der Waals surface area contributed by atoms with Crippen LogP contribution >= 0.6 is 0 Å². The molecule has 2 nitrogen and oxygen atoms in total. The number of para-hydroxylation sites is 1. The Morgan fingerprint density at radius 2 is 0.917 bits per heavy atom. The number of benzene rings is 9. The maximum Gasteiger partial charge on any atom is 0.136 e. The highest BCUT2D eigenvalue weighted by molar-refractivity contribution is 6.21. The molecule has 2 heteroatoms. The molecule has 0 saturated carbocycles. The lowest BCUT2D eigenvalue weighted by molar-refractivity contribution is 0.669. The van der Waals surface area contributed by atoms with Crippen molar-refractivity contribution in [2.24, 2.45) is 0 Å². The van der Waals surface area contributed by atoms with Gasteiger partial charge in [0.05, 0.1) is 5.69 Å². The molecule has 0 atom stereocenters. The fraction of sp³-hybridized carbons (Fsp3) is 0. The highest BCUT2D eigenvalue weighted by Gasteiger charge is 2.20. The molecule has 0 bridgehead atoms. The number of hydrogen-bond acceptors (Lipinski definition) is 2. The van der Waals surface area contributed by atoms with Crippen LogP contribution in [0.25, 0.3) is 76.2 Å². The van der Waals surface area contributed by atoms with Crippen LogP contribution in [0.5, 0.6) is 0 Å². The fourth-order valence-electron chi connectivity index (χ4n) is 7.48. The average molecular weight is 612 g/mol. The van der Waals surface area contributed by atoms with Gasteiger partial charge >= 0.3 is 0 Å². The third kappa shape index (κ3) is 4.20. The molecule has 10 aromatic rings. The van der Waals surface area contributed by atoms with Gasteiger partial charge in [-0.1, -0.05) is 127 Å². The molecule has 0 aliphatic carbocycles. The molecule has 0 N–H and O–H groups in total. The quantitative estimate of drug-likeness (QED) is 0.184. The van der Waals surface area contributed by atoms with Crippen molar-refractivity contribution in [3.63, 3.8) is 0 Å². The van der Waals surface area contributed by atoms with Gasteiger partial charge in [0.15, 0.2) is 0 Å². The molecule has 48 heavy (non-hydrogen) atoms. The van der Waals surface area contributed by atoms with Crippen LogP contribution in [-0.2, 0) is 0 Å². The Hall–Kier alpha value is -6.38. The van der Waals surface area contributed by atoms with E-state index in [0.717, 1.165) is 44.4 Å². The smallest absolute Gasteiger partial charge is 0.136 e. The zero-order chi connectivity index (χ0) is 31.6. The summed E-state index contributed by atoms with van der Waals surface area (Å²) in [7, 11) is 0. The van der Waals surface area contributed by atoms with Crippen molar-refractivity contribution in [3.05, 3.63) is 176 Å². The van der Waals surface area contributed by atoms with Gasteiger partial charge in [0.1, 0.15) is 11.2 Å². The van der Waals surface area contributed by atoms with E-state index in [9.17, 15) is 0 Å². The summed E-state index contributed by atoms with van der Waals surface area (Å²) in [6.45, 7) is 0. The molecule has 0 aliphatic rings. The van der Waals surface area contributed by atoms with E-state index in [4.69, 9.17) is 4.42 Å². The summed E-state index contributed by atoms with van der Waals surface area (Å²) in [6.07, 6.45) is 0. The Morgan fingerprint density at radius 3 is 1.75 bits per heavy atom. The largest absolute Gasteiger partial charge is 0.456 e. The summed E-state index contributed by atoms with van der Waals surface area (Å²) in [5.41, 5.74) is 7.50. The van der Waals surface area contributed by atoms with Crippen LogP contribution in [0.4, 0.5) is 17.1 Å². The van der Waals surface area contributed by atoms with Crippen molar-refractivity contribution >= 4 is 82.1 Å². The molecule has 0 aliphatic heterocycles. The molecule has 0 saturated heterocycles. The standard InChI is InChI=1S/C46H29NO/c1-2-10-30(11-3-1)31-20-22-35(23-21-31)47(36-24-25-39-34(26-36)19-18-32-12-4-6-14-37(32)39)44-27-33-13-5-7-15-38(33)41-28-43-40-16-8-9-17-45(40)48-46(43)29-42(41)44/h1-29H. The maximum atomic E-state index is 6.46. The molecular formula is C46H29NO. The van der Waals surface area contributed by atoms with Crippen LogP contribution in [0.15, 0.2) is 180 Å². The normalized spacial score (nSPS) is 11.8. The molecule has 0 unspecified atom stereocenters. The molecule has 1 heterocycles. The summed E-state index contributed by atoms with van der Waals surface area (Å²) < 4.78 is 6.46. The minimum atomic E-state index is 0.893. The van der Waals surface area contributed by atoms with E-state index in [2.05, 4.69) is 175 Å². The Bertz CT molecular complexity index is 2830. The first-order valence-corrected chi connectivity index (χ1v) is 16.4. The lowest BCUT2D eigenvalue weighted by Gasteiger charge is -2.28. The second-order valence-electron chi connectivity index (χ2n) is 12.5. The van der Waals surface area contributed by atoms with Gasteiger partial charge in [0.2, 0.25) is 0 Å². The maximum absolute atomic E-state index is 6.46. The van der Waals surface area contributed by atoms with Crippen LogP contribution in [0, 0.1) is 0 Å². The van der Waals surface area contributed by atoms with Gasteiger partial charge in [-0.05, 0) is 97.4 Å². The monoisotopic (exact) mass is 611 g/mol. The number of fused-ring (bicyclic) bond motifs is 9. The van der Waals surface area contributed by atoms with Crippen molar-refractivity contribution in [2.45, 2.75) is 0 Å². The summed E-state index contributed by atoms with van der Waals surface area (Å²) >= 11 is 0. The molecule has 9 aromatic carbocycles. The van der Waals surface area contributed by atoms with E-state index in [1.807, 2.05) is 6.07 Å². The highest BCUT2D eigenvalue weighted by Crippen LogP contribution is 2.45. The number of nitrogens with zero attached hydrogens (tertiary/aromatic N) is 1. The Labute approximate surface area is 277 Å². The molecule has 0 fully saturated rings. The first kappa shape index (κ1) is 26.8. The number of furan rings is 1. The van der Waals surface area contributed by atoms with Gasteiger partial charge in [-0.25, -0.2) is 0 Å². The zero-order valence-corrected chi connectivity index (χ0v) is 26.1. The van der Waals surface area contributed by atoms with Gasteiger partial charge in [-0.3, -0.25) is 0 Å². The van der Waals surface area contributed by atoms with E-state index in [1.54, 1.807) is 0 Å². The van der Waals surface area contributed by atoms with Gasteiger partial charge in [-0.15, -0.1) is 0 Å². The van der Waals surface area contributed by atoms with E-state index in [0.29, 0.717) is 0 Å². The van der Waals surface area contributed by atoms with Crippen LogP contribution in [0.3, 0.4) is 0 Å². The van der Waals surface area contributed by atoms with Crippen molar-refractivity contribution in [1.82, 2.24) is 0 Å². The second kappa shape index (κ2) is 10.6. The van der Waals surface area contributed by atoms with E-state index >= 15 is 0 Å². The molecule has 0 amide bonds.